The minimum Gasteiger partial charge on any atom is -0.422 e. The molecule has 2 N–H and O–H groups in total. The molecule has 3 rings (SSSR count). The van der Waals surface area contributed by atoms with E-state index in [9.17, 15) is 0 Å². The van der Waals surface area contributed by atoms with Gasteiger partial charge in [0.05, 0.1) is 0 Å². The van der Waals surface area contributed by atoms with Gasteiger partial charge in [-0.1, -0.05) is 0 Å². The van der Waals surface area contributed by atoms with Crippen molar-refractivity contribution in [1.29, 1.82) is 0 Å². The van der Waals surface area contributed by atoms with E-state index in [1.807, 2.05) is 13.0 Å². The molecule has 0 fully saturated rings. The maximum Gasteiger partial charge on any atom is 0.252 e. The quantitative estimate of drug-likeness (QED) is 0.716. The number of H-pyrrole nitrogens is 1. The number of nitrogens with zero attached hydrogens (tertiary/aromatic N) is 4. The van der Waals surface area contributed by atoms with Gasteiger partial charge in [0, 0.05) is 18.7 Å². The first kappa shape index (κ1) is 10.7. The lowest BCUT2D eigenvalue weighted by molar-refractivity contribution is 0.550. The smallest absolute Gasteiger partial charge is 0.252 e. The van der Waals surface area contributed by atoms with Crippen molar-refractivity contribution in [3.05, 3.63) is 23.5 Å². The number of rotatable bonds is 2. The van der Waals surface area contributed by atoms with Gasteiger partial charge < -0.3 is 9.73 Å². The molecule has 0 amide bonds. The fourth-order valence-corrected chi connectivity index (χ4v) is 1.72. The van der Waals surface area contributed by atoms with Crippen LogP contribution >= 0.6 is 0 Å². The summed E-state index contributed by atoms with van der Waals surface area (Å²) in [7, 11) is 0. The average Bonchev–Trinajstić information content (AvgIpc) is 2.84. The monoisotopic (exact) mass is 244 g/mol. The van der Waals surface area contributed by atoms with E-state index in [4.69, 9.17) is 4.42 Å². The molecule has 0 unspecified atom stereocenters. The highest BCUT2D eigenvalue weighted by Gasteiger charge is 2.12. The van der Waals surface area contributed by atoms with Crippen LogP contribution in [0.15, 0.2) is 10.5 Å². The Morgan fingerprint density at radius 3 is 2.72 bits per heavy atom. The molecule has 0 aliphatic carbocycles. The van der Waals surface area contributed by atoms with Crippen LogP contribution in [-0.4, -0.2) is 25.1 Å². The van der Waals surface area contributed by atoms with Crippen LogP contribution in [0.3, 0.4) is 0 Å². The van der Waals surface area contributed by atoms with E-state index in [2.05, 4.69) is 30.5 Å². The Bertz CT molecular complexity index is 713. The van der Waals surface area contributed by atoms with Crippen molar-refractivity contribution in [3.8, 4) is 0 Å². The Kier molecular flexibility index (Phi) is 2.26. The Hall–Kier alpha value is -2.44. The van der Waals surface area contributed by atoms with Gasteiger partial charge in [-0.25, -0.2) is 9.97 Å². The standard InChI is InChI=1S/C11H12N6O/c1-5-4-8(17-16-5)15-10-9-11(13-6(2)12-10)18-7(3)14-9/h4H,1-3H3,(H2,12,13,15,16,17). The van der Waals surface area contributed by atoms with Gasteiger partial charge in [0.15, 0.2) is 23.0 Å². The molecule has 0 aliphatic rings. The third kappa shape index (κ3) is 1.79. The third-order valence-electron chi connectivity index (χ3n) is 2.43. The van der Waals surface area contributed by atoms with Crippen molar-refractivity contribution in [1.82, 2.24) is 25.1 Å². The van der Waals surface area contributed by atoms with Crippen LogP contribution in [0.2, 0.25) is 0 Å². The number of aromatic amines is 1. The van der Waals surface area contributed by atoms with Gasteiger partial charge in [-0.15, -0.1) is 0 Å². The Labute approximate surface area is 103 Å². The number of fused-ring (bicyclic) bond motifs is 1. The topological polar surface area (TPSA) is 92.5 Å². The van der Waals surface area contributed by atoms with Crippen molar-refractivity contribution in [2.45, 2.75) is 20.8 Å². The van der Waals surface area contributed by atoms with E-state index in [0.29, 0.717) is 34.6 Å². The summed E-state index contributed by atoms with van der Waals surface area (Å²) in [6.07, 6.45) is 0. The van der Waals surface area contributed by atoms with Gasteiger partial charge in [0.25, 0.3) is 5.71 Å². The largest absolute Gasteiger partial charge is 0.422 e. The number of aromatic nitrogens is 5. The molecule has 7 nitrogen and oxygen atoms in total. The van der Waals surface area contributed by atoms with E-state index in [0.717, 1.165) is 5.69 Å². The highest BCUT2D eigenvalue weighted by molar-refractivity contribution is 5.83. The van der Waals surface area contributed by atoms with Gasteiger partial charge in [-0.05, 0) is 13.8 Å². The molecule has 0 aliphatic heterocycles. The summed E-state index contributed by atoms with van der Waals surface area (Å²) in [6, 6.07) is 1.89. The van der Waals surface area contributed by atoms with Crippen molar-refractivity contribution in [3.63, 3.8) is 0 Å². The van der Waals surface area contributed by atoms with Gasteiger partial charge in [-0.2, -0.15) is 10.1 Å². The molecule has 92 valence electrons. The Balaban J connectivity index is 2.10. The first-order valence-electron chi connectivity index (χ1n) is 5.52. The lowest BCUT2D eigenvalue weighted by Crippen LogP contribution is -1.98. The van der Waals surface area contributed by atoms with E-state index in [1.165, 1.54) is 0 Å². The molecule has 3 heterocycles. The number of aryl methyl sites for hydroxylation is 3. The lowest BCUT2D eigenvalue weighted by Gasteiger charge is -2.02. The molecule has 3 aromatic rings. The summed E-state index contributed by atoms with van der Waals surface area (Å²) in [5, 5.41) is 10.1. The summed E-state index contributed by atoms with van der Waals surface area (Å²) < 4.78 is 5.40. The normalized spacial score (nSPS) is 11.1. The number of hydrogen-bond donors (Lipinski definition) is 2. The average molecular weight is 244 g/mol. The second-order valence-electron chi connectivity index (χ2n) is 4.07. The fraction of sp³-hybridized carbons (Fsp3) is 0.273. The zero-order chi connectivity index (χ0) is 12.7. The summed E-state index contributed by atoms with van der Waals surface area (Å²) in [5.41, 5.74) is 2.06. The highest BCUT2D eigenvalue weighted by atomic mass is 16.4. The lowest BCUT2D eigenvalue weighted by atomic mass is 10.4. The molecule has 0 atom stereocenters. The number of nitrogens with one attached hydrogen (secondary N) is 2. The van der Waals surface area contributed by atoms with E-state index in [-0.39, 0.29) is 0 Å². The van der Waals surface area contributed by atoms with Gasteiger partial charge in [0.1, 0.15) is 5.82 Å². The molecule has 0 saturated heterocycles. The molecule has 7 heteroatoms. The third-order valence-corrected chi connectivity index (χ3v) is 2.43. The maximum atomic E-state index is 5.40. The van der Waals surface area contributed by atoms with Crippen LogP contribution in [0.1, 0.15) is 17.4 Å². The van der Waals surface area contributed by atoms with Crippen molar-refractivity contribution >= 4 is 22.9 Å². The van der Waals surface area contributed by atoms with E-state index in [1.54, 1.807) is 13.8 Å². The zero-order valence-corrected chi connectivity index (χ0v) is 10.3. The SMILES string of the molecule is Cc1nc(Nc2cc(C)[nH]n2)c2nc(C)oc2n1. The van der Waals surface area contributed by atoms with Crippen LogP contribution in [0.4, 0.5) is 11.6 Å². The Morgan fingerprint density at radius 2 is 2.00 bits per heavy atom. The van der Waals surface area contributed by atoms with Crippen LogP contribution in [0.5, 0.6) is 0 Å². The molecular formula is C11H12N6O. The van der Waals surface area contributed by atoms with Crippen molar-refractivity contribution < 1.29 is 4.42 Å². The minimum atomic E-state index is 0.481. The molecular weight excluding hydrogens is 232 g/mol. The summed E-state index contributed by atoms with van der Waals surface area (Å²) >= 11 is 0. The first-order chi connectivity index (χ1) is 8.61. The number of hydrogen-bond acceptors (Lipinski definition) is 6. The van der Waals surface area contributed by atoms with Crippen LogP contribution < -0.4 is 5.32 Å². The Morgan fingerprint density at radius 1 is 1.17 bits per heavy atom. The molecule has 0 aromatic carbocycles. The number of oxazole rings is 1. The van der Waals surface area contributed by atoms with E-state index < -0.39 is 0 Å². The summed E-state index contributed by atoms with van der Waals surface area (Å²) in [4.78, 5) is 12.8. The molecule has 18 heavy (non-hydrogen) atoms. The molecule has 0 bridgehead atoms. The first-order valence-corrected chi connectivity index (χ1v) is 5.52. The second-order valence-corrected chi connectivity index (χ2v) is 4.07. The highest BCUT2D eigenvalue weighted by Crippen LogP contribution is 2.23. The molecule has 0 radical (unpaired) electrons. The van der Waals surface area contributed by atoms with Crippen LogP contribution in [0.25, 0.3) is 11.2 Å². The van der Waals surface area contributed by atoms with Gasteiger partial charge in [-0.3, -0.25) is 5.10 Å². The summed E-state index contributed by atoms with van der Waals surface area (Å²) in [5.74, 6) is 2.47. The molecule has 3 aromatic heterocycles. The molecule has 0 spiro atoms. The molecule has 0 saturated carbocycles. The van der Waals surface area contributed by atoms with Crippen LogP contribution in [0, 0.1) is 20.8 Å². The van der Waals surface area contributed by atoms with E-state index >= 15 is 0 Å². The predicted octanol–water partition coefficient (Wildman–Crippen LogP) is 2.01. The zero-order valence-electron chi connectivity index (χ0n) is 10.3. The fourth-order valence-electron chi connectivity index (χ4n) is 1.72. The number of anilines is 2. The predicted molar refractivity (Wildman–Crippen MR) is 65.7 cm³/mol. The van der Waals surface area contributed by atoms with Gasteiger partial charge >= 0.3 is 0 Å². The second kappa shape index (κ2) is 3.80. The van der Waals surface area contributed by atoms with Crippen LogP contribution in [-0.2, 0) is 0 Å². The maximum absolute atomic E-state index is 5.40. The minimum absolute atomic E-state index is 0.481. The van der Waals surface area contributed by atoms with Crippen molar-refractivity contribution in [2.24, 2.45) is 0 Å². The van der Waals surface area contributed by atoms with Crippen molar-refractivity contribution in [2.75, 3.05) is 5.32 Å². The van der Waals surface area contributed by atoms with Gasteiger partial charge in [0.2, 0.25) is 0 Å². The summed E-state index contributed by atoms with van der Waals surface area (Å²) in [6.45, 7) is 5.51.